The zero-order valence-corrected chi connectivity index (χ0v) is 13.3. The lowest BCUT2D eigenvalue weighted by atomic mass is 10.2. The van der Waals surface area contributed by atoms with Gasteiger partial charge in [0.15, 0.2) is 0 Å². The molecule has 1 heterocycles. The van der Waals surface area contributed by atoms with Gasteiger partial charge in [-0.2, -0.15) is 0 Å². The van der Waals surface area contributed by atoms with Crippen molar-refractivity contribution in [3.63, 3.8) is 0 Å². The highest BCUT2D eigenvalue weighted by molar-refractivity contribution is 6.52. The number of hydrogen-bond donors (Lipinski definition) is 1. The van der Waals surface area contributed by atoms with E-state index in [-0.39, 0.29) is 38.3 Å². The quantitative estimate of drug-likeness (QED) is 0.794. The fraction of sp³-hybridized carbons (Fsp3) is 0.0769. The number of rotatable bonds is 3. The van der Waals surface area contributed by atoms with Gasteiger partial charge in [0, 0.05) is 6.54 Å². The second-order valence-electron chi connectivity index (χ2n) is 4.00. The fourth-order valence-electron chi connectivity index (χ4n) is 1.51. The van der Waals surface area contributed by atoms with Gasteiger partial charge >= 0.3 is 0 Å². The van der Waals surface area contributed by atoms with Crippen molar-refractivity contribution in [3.05, 3.63) is 61.6 Å². The van der Waals surface area contributed by atoms with Gasteiger partial charge in [0.25, 0.3) is 5.91 Å². The Labute approximate surface area is 140 Å². The van der Waals surface area contributed by atoms with Crippen molar-refractivity contribution in [2.24, 2.45) is 0 Å². The number of benzene rings is 1. The van der Waals surface area contributed by atoms with Crippen molar-refractivity contribution in [1.82, 2.24) is 10.3 Å². The Morgan fingerprint density at radius 1 is 1.05 bits per heavy atom. The van der Waals surface area contributed by atoms with Crippen LogP contribution in [0.2, 0.25) is 20.2 Å². The number of pyridine rings is 1. The molecule has 0 saturated heterocycles. The molecule has 2 aromatic rings. The summed E-state index contributed by atoms with van der Waals surface area (Å²) in [6, 6.07) is 5.68. The molecule has 21 heavy (non-hydrogen) atoms. The highest BCUT2D eigenvalue weighted by Crippen LogP contribution is 2.35. The molecule has 0 saturated carbocycles. The smallest absolute Gasteiger partial charge is 0.271 e. The van der Waals surface area contributed by atoms with E-state index >= 15 is 0 Å². The van der Waals surface area contributed by atoms with E-state index in [2.05, 4.69) is 10.3 Å². The second-order valence-corrected chi connectivity index (χ2v) is 5.49. The summed E-state index contributed by atoms with van der Waals surface area (Å²) in [5.74, 6) is -0.921. The molecule has 0 spiro atoms. The van der Waals surface area contributed by atoms with Crippen LogP contribution in [0, 0.1) is 5.82 Å². The lowest BCUT2D eigenvalue weighted by Gasteiger charge is -2.09. The van der Waals surface area contributed by atoms with Crippen LogP contribution < -0.4 is 5.32 Å². The Morgan fingerprint density at radius 2 is 1.67 bits per heavy atom. The van der Waals surface area contributed by atoms with Crippen LogP contribution in [0.5, 0.6) is 0 Å². The monoisotopic (exact) mass is 366 g/mol. The number of amides is 1. The lowest BCUT2D eigenvalue weighted by molar-refractivity contribution is 0.0946. The van der Waals surface area contributed by atoms with Gasteiger partial charge < -0.3 is 5.32 Å². The van der Waals surface area contributed by atoms with Gasteiger partial charge in [0.05, 0.1) is 15.1 Å². The molecular formula is C13H7Cl4FN2O. The Kier molecular flexibility index (Phi) is 5.27. The summed E-state index contributed by atoms with van der Waals surface area (Å²) in [6.45, 7) is 0.176. The summed E-state index contributed by atoms with van der Waals surface area (Å²) >= 11 is 23.3. The Bertz CT molecular complexity index is 692. The van der Waals surface area contributed by atoms with Crippen LogP contribution in [0.1, 0.15) is 16.1 Å². The molecule has 0 unspecified atom stereocenters. The molecule has 0 radical (unpaired) electrons. The third-order valence-corrected chi connectivity index (χ3v) is 4.24. The van der Waals surface area contributed by atoms with Crippen molar-refractivity contribution >= 4 is 52.3 Å². The van der Waals surface area contributed by atoms with Gasteiger partial charge in [-0.15, -0.1) is 0 Å². The predicted octanol–water partition coefficient (Wildman–Crippen LogP) is 4.76. The molecule has 0 aliphatic rings. The molecular weight excluding hydrogens is 361 g/mol. The Balaban J connectivity index is 2.16. The molecule has 110 valence electrons. The van der Waals surface area contributed by atoms with Gasteiger partial charge in [-0.1, -0.05) is 58.5 Å². The van der Waals surface area contributed by atoms with Gasteiger partial charge in [-0.05, 0) is 17.7 Å². The maximum Gasteiger partial charge on any atom is 0.271 e. The van der Waals surface area contributed by atoms with E-state index in [1.54, 1.807) is 12.1 Å². The molecule has 0 atom stereocenters. The standard InChI is InChI=1S/C13H7Cl4FN2O/c14-8-9(15)11(20-12(17)10(8)16)13(21)19-5-6-1-3-7(18)4-2-6/h1-4H,5H2,(H,19,21). The van der Waals surface area contributed by atoms with Crippen LogP contribution in [-0.4, -0.2) is 10.9 Å². The summed E-state index contributed by atoms with van der Waals surface area (Å²) in [5.41, 5.74) is 0.588. The van der Waals surface area contributed by atoms with Crippen LogP contribution in [-0.2, 0) is 6.54 Å². The molecule has 0 aliphatic heterocycles. The van der Waals surface area contributed by atoms with Crippen LogP contribution in [0.15, 0.2) is 24.3 Å². The molecule has 1 aromatic carbocycles. The van der Waals surface area contributed by atoms with Crippen molar-refractivity contribution in [1.29, 1.82) is 0 Å². The van der Waals surface area contributed by atoms with E-state index in [4.69, 9.17) is 46.4 Å². The molecule has 1 amide bonds. The highest BCUT2D eigenvalue weighted by Gasteiger charge is 2.20. The summed E-state index contributed by atoms with van der Waals surface area (Å²) in [5, 5.41) is 2.33. The minimum Gasteiger partial charge on any atom is -0.347 e. The molecule has 8 heteroatoms. The van der Waals surface area contributed by atoms with Crippen molar-refractivity contribution in [2.75, 3.05) is 0 Å². The Hall–Kier alpha value is -1.07. The molecule has 2 rings (SSSR count). The summed E-state index contributed by atoms with van der Waals surface area (Å²) in [6.07, 6.45) is 0. The summed E-state index contributed by atoms with van der Waals surface area (Å²) in [7, 11) is 0. The summed E-state index contributed by atoms with van der Waals surface area (Å²) < 4.78 is 12.8. The molecule has 0 aliphatic carbocycles. The lowest BCUT2D eigenvalue weighted by Crippen LogP contribution is -2.24. The highest BCUT2D eigenvalue weighted by atomic mass is 35.5. The number of carbonyl (C=O) groups excluding carboxylic acids is 1. The first-order valence-electron chi connectivity index (χ1n) is 5.62. The first-order valence-corrected chi connectivity index (χ1v) is 7.14. The minimum absolute atomic E-state index is 0.0154. The topological polar surface area (TPSA) is 42.0 Å². The van der Waals surface area contributed by atoms with Crippen LogP contribution >= 0.6 is 46.4 Å². The molecule has 1 N–H and O–H groups in total. The average molecular weight is 368 g/mol. The van der Waals surface area contributed by atoms with Crippen LogP contribution in [0.3, 0.4) is 0 Å². The van der Waals surface area contributed by atoms with E-state index in [1.165, 1.54) is 12.1 Å². The summed E-state index contributed by atoms with van der Waals surface area (Å²) in [4.78, 5) is 15.8. The number of hydrogen-bond acceptors (Lipinski definition) is 2. The van der Waals surface area contributed by atoms with Crippen molar-refractivity contribution in [2.45, 2.75) is 6.54 Å². The second kappa shape index (κ2) is 6.79. The van der Waals surface area contributed by atoms with Gasteiger partial charge in [0.1, 0.15) is 16.7 Å². The average Bonchev–Trinajstić information content (AvgIpc) is 2.48. The number of nitrogens with zero attached hydrogens (tertiary/aromatic N) is 1. The van der Waals surface area contributed by atoms with Gasteiger partial charge in [0.2, 0.25) is 0 Å². The third kappa shape index (κ3) is 3.77. The van der Waals surface area contributed by atoms with E-state index in [9.17, 15) is 9.18 Å². The number of halogens is 5. The van der Waals surface area contributed by atoms with E-state index in [0.717, 1.165) is 0 Å². The van der Waals surface area contributed by atoms with Crippen molar-refractivity contribution in [3.8, 4) is 0 Å². The third-order valence-electron chi connectivity index (χ3n) is 2.57. The normalized spacial score (nSPS) is 10.5. The fourth-order valence-corrected chi connectivity index (χ4v) is 2.32. The Morgan fingerprint density at radius 3 is 2.29 bits per heavy atom. The molecule has 1 aromatic heterocycles. The van der Waals surface area contributed by atoms with Crippen molar-refractivity contribution < 1.29 is 9.18 Å². The predicted molar refractivity (Wildman–Crippen MR) is 81.8 cm³/mol. The number of nitrogens with one attached hydrogen (secondary N) is 1. The van der Waals surface area contributed by atoms with Crippen LogP contribution in [0.25, 0.3) is 0 Å². The van der Waals surface area contributed by atoms with Gasteiger partial charge in [-0.25, -0.2) is 9.37 Å². The van der Waals surface area contributed by atoms with E-state index < -0.39 is 5.91 Å². The van der Waals surface area contributed by atoms with E-state index in [1.807, 2.05) is 0 Å². The number of aromatic nitrogens is 1. The molecule has 0 bridgehead atoms. The largest absolute Gasteiger partial charge is 0.347 e. The first-order chi connectivity index (χ1) is 9.90. The number of carbonyl (C=O) groups is 1. The molecule has 3 nitrogen and oxygen atoms in total. The maximum atomic E-state index is 12.8. The van der Waals surface area contributed by atoms with E-state index in [0.29, 0.717) is 5.56 Å². The zero-order valence-electron chi connectivity index (χ0n) is 10.3. The first kappa shape index (κ1) is 16.3. The SMILES string of the molecule is O=C(NCc1ccc(F)cc1)c1nc(Cl)c(Cl)c(Cl)c1Cl. The minimum atomic E-state index is -0.565. The van der Waals surface area contributed by atoms with Crippen LogP contribution in [0.4, 0.5) is 4.39 Å². The molecule has 0 fully saturated rings. The zero-order chi connectivity index (χ0) is 15.6. The maximum absolute atomic E-state index is 12.8. The van der Waals surface area contributed by atoms with Gasteiger partial charge in [-0.3, -0.25) is 4.79 Å².